The second kappa shape index (κ2) is 6.32. The molecule has 6 heteroatoms. The molecule has 0 aromatic carbocycles. The molecule has 0 aliphatic rings. The summed E-state index contributed by atoms with van der Waals surface area (Å²) in [6.07, 6.45) is 0.00420. The summed E-state index contributed by atoms with van der Waals surface area (Å²) in [6, 6.07) is -0.519. The zero-order valence-electron chi connectivity index (χ0n) is 11.2. The maximum Gasteiger partial charge on any atom is 0.408 e. The number of nitrogens with two attached hydrogens (primary N) is 1. The Morgan fingerprint density at radius 1 is 1.47 bits per heavy atom. The quantitative estimate of drug-likeness (QED) is 0.304. The fourth-order valence-electron chi connectivity index (χ4n) is 1.24. The predicted molar refractivity (Wildman–Crippen MR) is 66.0 cm³/mol. The van der Waals surface area contributed by atoms with Gasteiger partial charge in [0.2, 0.25) is 0 Å². The molecule has 0 heterocycles. The molecule has 100 valence electrons. The van der Waals surface area contributed by atoms with E-state index in [9.17, 15) is 4.79 Å². The van der Waals surface area contributed by atoms with E-state index in [1.54, 1.807) is 20.8 Å². The lowest BCUT2D eigenvalue weighted by atomic mass is 10.0. The van der Waals surface area contributed by atoms with Crippen molar-refractivity contribution in [2.75, 3.05) is 0 Å². The molecule has 0 saturated carbocycles. The van der Waals surface area contributed by atoms with E-state index in [4.69, 9.17) is 15.7 Å². The van der Waals surface area contributed by atoms with Crippen LogP contribution >= 0.6 is 0 Å². The summed E-state index contributed by atoms with van der Waals surface area (Å²) in [5.41, 5.74) is 4.94. The number of oxime groups is 1. The van der Waals surface area contributed by atoms with Gasteiger partial charge in [0, 0.05) is 0 Å². The Kier molecular flexibility index (Phi) is 5.78. The van der Waals surface area contributed by atoms with Gasteiger partial charge in [-0.05, 0) is 33.1 Å². The van der Waals surface area contributed by atoms with E-state index in [1.807, 2.05) is 13.8 Å². The van der Waals surface area contributed by atoms with Gasteiger partial charge in [0.15, 0.2) is 5.84 Å². The normalized spacial score (nSPS) is 14.6. The van der Waals surface area contributed by atoms with Crippen molar-refractivity contribution in [3.8, 4) is 0 Å². The van der Waals surface area contributed by atoms with Gasteiger partial charge in [-0.2, -0.15) is 0 Å². The number of ether oxygens (including phenoxy) is 1. The maximum absolute atomic E-state index is 11.5. The Balaban J connectivity index is 4.49. The first kappa shape index (κ1) is 15.5. The minimum Gasteiger partial charge on any atom is -0.444 e. The van der Waals surface area contributed by atoms with Gasteiger partial charge in [-0.25, -0.2) is 4.79 Å². The van der Waals surface area contributed by atoms with Crippen molar-refractivity contribution in [1.82, 2.24) is 5.32 Å². The van der Waals surface area contributed by atoms with Crippen LogP contribution in [0.15, 0.2) is 5.16 Å². The highest BCUT2D eigenvalue weighted by Crippen LogP contribution is 2.09. The lowest BCUT2D eigenvalue weighted by Crippen LogP contribution is -2.47. The number of carbonyl (C=O) groups is 1. The predicted octanol–water partition coefficient (Wildman–Crippen LogP) is 1.67. The van der Waals surface area contributed by atoms with Crippen molar-refractivity contribution in [3.63, 3.8) is 0 Å². The third-order valence-corrected chi connectivity index (χ3v) is 1.87. The molecule has 1 unspecified atom stereocenters. The van der Waals surface area contributed by atoms with Crippen LogP contribution in [0, 0.1) is 5.92 Å². The average molecular weight is 245 g/mol. The zero-order chi connectivity index (χ0) is 13.6. The van der Waals surface area contributed by atoms with E-state index in [1.165, 1.54) is 0 Å². The first-order valence-electron chi connectivity index (χ1n) is 5.62. The number of amides is 1. The first-order chi connectivity index (χ1) is 7.65. The molecule has 0 aromatic rings. The number of nitrogens with one attached hydrogen (secondary N) is 1. The van der Waals surface area contributed by atoms with Gasteiger partial charge in [-0.3, -0.25) is 0 Å². The Labute approximate surface area is 102 Å². The molecule has 0 spiro atoms. The number of hydrogen-bond acceptors (Lipinski definition) is 4. The van der Waals surface area contributed by atoms with Gasteiger partial charge in [-0.15, -0.1) is 0 Å². The van der Waals surface area contributed by atoms with Crippen molar-refractivity contribution in [3.05, 3.63) is 0 Å². The SMILES string of the molecule is CC(C)CC(NC(=O)OC(C)(C)C)C(N)=NO. The number of alkyl carbamates (subject to hydrolysis) is 1. The van der Waals surface area contributed by atoms with Crippen molar-refractivity contribution in [2.24, 2.45) is 16.8 Å². The summed E-state index contributed by atoms with van der Waals surface area (Å²) >= 11 is 0. The maximum atomic E-state index is 11.5. The monoisotopic (exact) mass is 245 g/mol. The van der Waals surface area contributed by atoms with E-state index in [-0.39, 0.29) is 5.84 Å². The summed E-state index contributed by atoms with van der Waals surface area (Å²) in [4.78, 5) is 11.5. The summed E-state index contributed by atoms with van der Waals surface area (Å²) in [5.74, 6) is 0.278. The van der Waals surface area contributed by atoms with Crippen LogP contribution in [0.4, 0.5) is 4.79 Å². The fraction of sp³-hybridized carbons (Fsp3) is 0.818. The van der Waals surface area contributed by atoms with E-state index in [0.717, 1.165) is 0 Å². The van der Waals surface area contributed by atoms with Gasteiger partial charge in [0.05, 0.1) is 6.04 Å². The van der Waals surface area contributed by atoms with Crippen LogP contribution in [-0.2, 0) is 4.74 Å². The largest absolute Gasteiger partial charge is 0.444 e. The molecular formula is C11H23N3O3. The van der Waals surface area contributed by atoms with Crippen LogP contribution in [0.1, 0.15) is 41.0 Å². The smallest absolute Gasteiger partial charge is 0.408 e. The fourth-order valence-corrected chi connectivity index (χ4v) is 1.24. The molecule has 1 atom stereocenters. The topological polar surface area (TPSA) is 96.9 Å². The van der Waals surface area contributed by atoms with Crippen LogP contribution in [-0.4, -0.2) is 28.8 Å². The summed E-state index contributed by atoms with van der Waals surface area (Å²) in [5, 5.41) is 14.1. The van der Waals surface area contributed by atoms with Crippen LogP contribution in [0.5, 0.6) is 0 Å². The van der Waals surface area contributed by atoms with Crippen molar-refractivity contribution in [2.45, 2.75) is 52.7 Å². The van der Waals surface area contributed by atoms with Gasteiger partial charge < -0.3 is 21.0 Å². The van der Waals surface area contributed by atoms with Gasteiger partial charge >= 0.3 is 6.09 Å². The minimum atomic E-state index is -0.574. The highest BCUT2D eigenvalue weighted by molar-refractivity contribution is 5.88. The molecular weight excluding hydrogens is 222 g/mol. The van der Waals surface area contributed by atoms with Crippen LogP contribution < -0.4 is 11.1 Å². The van der Waals surface area contributed by atoms with E-state index in [0.29, 0.717) is 12.3 Å². The zero-order valence-corrected chi connectivity index (χ0v) is 11.2. The van der Waals surface area contributed by atoms with Gasteiger partial charge in [0.1, 0.15) is 5.60 Å². The number of rotatable bonds is 4. The number of hydrogen-bond donors (Lipinski definition) is 3. The van der Waals surface area contributed by atoms with E-state index >= 15 is 0 Å². The third-order valence-electron chi connectivity index (χ3n) is 1.87. The molecule has 6 nitrogen and oxygen atoms in total. The molecule has 4 N–H and O–H groups in total. The molecule has 0 aromatic heterocycles. The molecule has 1 amide bonds. The second-order valence-electron chi connectivity index (χ2n) is 5.35. The average Bonchev–Trinajstić information content (AvgIpc) is 2.11. The molecule has 0 bridgehead atoms. The van der Waals surface area contributed by atoms with Crippen LogP contribution in [0.3, 0.4) is 0 Å². The highest BCUT2D eigenvalue weighted by atomic mass is 16.6. The molecule has 0 saturated heterocycles. The van der Waals surface area contributed by atoms with Crippen LogP contribution in [0.2, 0.25) is 0 Å². The molecule has 0 aliphatic carbocycles. The molecule has 0 aliphatic heterocycles. The number of nitrogens with zero attached hydrogens (tertiary/aromatic N) is 1. The number of amidine groups is 1. The Morgan fingerprint density at radius 3 is 2.35 bits per heavy atom. The molecule has 0 fully saturated rings. The van der Waals surface area contributed by atoms with E-state index in [2.05, 4.69) is 10.5 Å². The van der Waals surface area contributed by atoms with Crippen molar-refractivity contribution >= 4 is 11.9 Å². The second-order valence-corrected chi connectivity index (χ2v) is 5.35. The van der Waals surface area contributed by atoms with Crippen LogP contribution in [0.25, 0.3) is 0 Å². The highest BCUT2D eigenvalue weighted by Gasteiger charge is 2.22. The van der Waals surface area contributed by atoms with Crippen molar-refractivity contribution < 1.29 is 14.7 Å². The van der Waals surface area contributed by atoms with E-state index < -0.39 is 17.7 Å². The standard InChI is InChI=1S/C11H23N3O3/c1-7(2)6-8(9(12)14-16)13-10(15)17-11(3,4)5/h7-8,16H,6H2,1-5H3,(H2,12,14)(H,13,15). The Bertz CT molecular complexity index is 282. The molecule has 0 rings (SSSR count). The molecule has 0 radical (unpaired) electrons. The first-order valence-corrected chi connectivity index (χ1v) is 5.62. The minimum absolute atomic E-state index is 0.0236. The Hall–Kier alpha value is -1.46. The van der Waals surface area contributed by atoms with Gasteiger partial charge in [0.25, 0.3) is 0 Å². The lowest BCUT2D eigenvalue weighted by molar-refractivity contribution is 0.0513. The van der Waals surface area contributed by atoms with Crippen molar-refractivity contribution in [1.29, 1.82) is 0 Å². The Morgan fingerprint density at radius 2 is 2.00 bits per heavy atom. The van der Waals surface area contributed by atoms with Gasteiger partial charge in [-0.1, -0.05) is 19.0 Å². The molecule has 17 heavy (non-hydrogen) atoms. The third kappa shape index (κ3) is 7.43. The summed E-state index contributed by atoms with van der Waals surface area (Å²) in [6.45, 7) is 9.28. The summed E-state index contributed by atoms with van der Waals surface area (Å²) in [7, 11) is 0. The summed E-state index contributed by atoms with van der Waals surface area (Å²) < 4.78 is 5.10. The number of carbonyl (C=O) groups excluding carboxylic acids is 1. The lowest BCUT2D eigenvalue weighted by Gasteiger charge is -2.23.